The standard InChI is InChI=1S/2C4H9N.CH3.2W/c2*1-3-5-4-2;;;/h2*5H,1-4H2;1H3;;/q2*-2;-1;;+2. The fourth-order valence-electron chi connectivity index (χ4n) is 0.250. The van der Waals surface area contributed by atoms with Gasteiger partial charge in [-0.2, -0.15) is 0 Å². The van der Waals surface area contributed by atoms with Gasteiger partial charge in [-0.25, -0.2) is 0 Å². The van der Waals surface area contributed by atoms with Crippen molar-refractivity contribution in [2.75, 3.05) is 26.2 Å². The molecule has 13 heavy (non-hydrogen) atoms. The summed E-state index contributed by atoms with van der Waals surface area (Å²) < 4.78 is 0. The summed E-state index contributed by atoms with van der Waals surface area (Å²) in [7, 11) is 0. The van der Waals surface area contributed by atoms with Gasteiger partial charge in [-0.3, -0.25) is 0 Å². The van der Waals surface area contributed by atoms with E-state index in [1.165, 1.54) is 0 Å². The third-order valence-corrected chi connectivity index (χ3v) is 0.707. The van der Waals surface area contributed by atoms with E-state index in [0.717, 1.165) is 26.2 Å². The van der Waals surface area contributed by atoms with E-state index in [4.69, 9.17) is 0 Å². The summed E-state index contributed by atoms with van der Waals surface area (Å²) in [5.41, 5.74) is 0. The van der Waals surface area contributed by atoms with Gasteiger partial charge in [-0.05, 0) is 0 Å². The molecule has 0 atom stereocenters. The largest absolute Gasteiger partial charge is 2.00 e. The van der Waals surface area contributed by atoms with Crippen molar-refractivity contribution >= 4 is 0 Å². The Morgan fingerprint density at radius 1 is 0.692 bits per heavy atom. The summed E-state index contributed by atoms with van der Waals surface area (Å²) in [5, 5.41) is 5.78. The van der Waals surface area contributed by atoms with E-state index in [2.05, 4.69) is 38.3 Å². The molecule has 0 aliphatic carbocycles. The van der Waals surface area contributed by atoms with Crippen LogP contribution < -0.4 is 10.6 Å². The van der Waals surface area contributed by atoms with Crippen molar-refractivity contribution in [2.24, 2.45) is 0 Å². The van der Waals surface area contributed by atoms with Gasteiger partial charge >= 0.3 is 21.1 Å². The van der Waals surface area contributed by atoms with Crippen molar-refractivity contribution in [3.63, 3.8) is 0 Å². The minimum absolute atomic E-state index is 0. The zero-order valence-corrected chi connectivity index (χ0v) is 14.3. The number of hydrogen-bond acceptors (Lipinski definition) is 2. The Bertz CT molecular complexity index is 36.6. The maximum absolute atomic E-state index is 3.52. The van der Waals surface area contributed by atoms with Crippen LogP contribution in [0.3, 0.4) is 0 Å². The van der Waals surface area contributed by atoms with E-state index in [9.17, 15) is 0 Å². The second-order valence-corrected chi connectivity index (χ2v) is 1.50. The van der Waals surface area contributed by atoms with Gasteiger partial charge in [0, 0.05) is 21.1 Å². The first-order chi connectivity index (χ1) is 4.83. The van der Waals surface area contributed by atoms with E-state index >= 15 is 0 Å². The van der Waals surface area contributed by atoms with Gasteiger partial charge in [0.1, 0.15) is 0 Å². The predicted octanol–water partition coefficient (Wildman–Crippen LogP) is 0.934. The molecule has 0 aromatic heterocycles. The minimum Gasteiger partial charge on any atom is -0.376 e. The summed E-state index contributed by atoms with van der Waals surface area (Å²) >= 11 is 0. The van der Waals surface area contributed by atoms with Crippen LogP contribution in [0.1, 0.15) is 0 Å². The summed E-state index contributed by atoms with van der Waals surface area (Å²) in [6.07, 6.45) is 0. The normalized spacial score (nSPS) is 6.46. The summed E-state index contributed by atoms with van der Waals surface area (Å²) in [6.45, 7) is 17.2. The van der Waals surface area contributed by atoms with E-state index in [-0.39, 0.29) is 49.6 Å². The van der Waals surface area contributed by atoms with Crippen LogP contribution in [0.4, 0.5) is 0 Å². The molecule has 0 heterocycles. The molecule has 0 aliphatic rings. The van der Waals surface area contributed by atoms with Crippen molar-refractivity contribution in [3.05, 3.63) is 35.1 Å². The van der Waals surface area contributed by atoms with Crippen LogP contribution >= 0.6 is 0 Å². The molecule has 0 saturated heterocycles. The monoisotopic (exact) mass is 525 g/mol. The molecule has 0 spiro atoms. The Morgan fingerprint density at radius 3 is 0.846 bits per heavy atom. The molecule has 0 aromatic rings. The van der Waals surface area contributed by atoms with Gasteiger partial charge in [0.15, 0.2) is 0 Å². The maximum atomic E-state index is 3.52. The molecule has 82 valence electrons. The molecule has 0 fully saturated rings. The topological polar surface area (TPSA) is 24.1 Å². The SMILES string of the molecule is [CH2-]CNC[CH2-].[CH2-]CNC[CH2-].[CH3-].[W+2].[W]. The van der Waals surface area contributed by atoms with Crippen LogP contribution in [0.5, 0.6) is 0 Å². The average molecular weight is 525 g/mol. The van der Waals surface area contributed by atoms with E-state index < -0.39 is 0 Å². The Morgan fingerprint density at radius 2 is 0.846 bits per heavy atom. The first kappa shape index (κ1) is 29.2. The van der Waals surface area contributed by atoms with Crippen LogP contribution in [-0.2, 0) is 42.1 Å². The van der Waals surface area contributed by atoms with E-state index in [1.54, 1.807) is 0 Å². The molecule has 0 amide bonds. The van der Waals surface area contributed by atoms with Gasteiger partial charge in [0.2, 0.25) is 0 Å². The van der Waals surface area contributed by atoms with Gasteiger partial charge < -0.3 is 45.8 Å². The maximum Gasteiger partial charge on any atom is 2.00 e. The van der Waals surface area contributed by atoms with Crippen LogP contribution in [0, 0.1) is 35.1 Å². The average Bonchev–Trinajstić information content (AvgIpc) is 1.93. The quantitative estimate of drug-likeness (QED) is 0.535. The number of hydrogen-bond donors (Lipinski definition) is 2. The minimum atomic E-state index is 0. The van der Waals surface area contributed by atoms with Gasteiger partial charge in [0.25, 0.3) is 0 Å². The summed E-state index contributed by atoms with van der Waals surface area (Å²) in [5.74, 6) is 0. The van der Waals surface area contributed by atoms with Crippen LogP contribution in [0.15, 0.2) is 0 Å². The predicted molar refractivity (Wildman–Crippen MR) is 53.6 cm³/mol. The molecular formula is C9H21N2W2-3. The molecule has 4 heteroatoms. The molecule has 0 aromatic carbocycles. The van der Waals surface area contributed by atoms with E-state index in [1.807, 2.05) is 0 Å². The molecule has 0 unspecified atom stereocenters. The first-order valence-corrected chi connectivity index (χ1v) is 3.41. The van der Waals surface area contributed by atoms with Gasteiger partial charge in [0.05, 0.1) is 0 Å². The zero-order valence-electron chi connectivity index (χ0n) is 8.47. The molecule has 2 nitrogen and oxygen atoms in total. The fourth-order valence-corrected chi connectivity index (χ4v) is 0.250. The van der Waals surface area contributed by atoms with Crippen molar-refractivity contribution in [2.45, 2.75) is 0 Å². The Kier molecular flexibility index (Phi) is 85.0. The number of nitrogens with one attached hydrogen (secondary N) is 2. The smallest absolute Gasteiger partial charge is 0.376 e. The summed E-state index contributed by atoms with van der Waals surface area (Å²) in [4.78, 5) is 0. The second-order valence-electron chi connectivity index (χ2n) is 1.50. The van der Waals surface area contributed by atoms with Crippen LogP contribution in [0.25, 0.3) is 0 Å². The zero-order chi connectivity index (χ0) is 8.24. The molecule has 0 aliphatic heterocycles. The molecule has 2 N–H and O–H groups in total. The summed E-state index contributed by atoms with van der Waals surface area (Å²) in [6, 6.07) is 0. The molecule has 0 radical (unpaired) electrons. The van der Waals surface area contributed by atoms with Crippen molar-refractivity contribution < 1.29 is 42.1 Å². The third-order valence-electron chi connectivity index (χ3n) is 0.707. The Labute approximate surface area is 114 Å². The second kappa shape index (κ2) is 37.8. The van der Waals surface area contributed by atoms with Crippen molar-refractivity contribution in [3.8, 4) is 0 Å². The van der Waals surface area contributed by atoms with Crippen molar-refractivity contribution in [1.29, 1.82) is 0 Å². The third kappa shape index (κ3) is 60.5. The number of rotatable bonds is 4. The molecular weight excluding hydrogens is 504 g/mol. The molecule has 0 saturated carbocycles. The van der Waals surface area contributed by atoms with E-state index in [0.29, 0.717) is 0 Å². The Hall–Kier alpha value is 1.30. The Balaban J connectivity index is -0.0000000267. The molecule has 0 bridgehead atoms. The van der Waals surface area contributed by atoms with Crippen LogP contribution in [-0.4, -0.2) is 26.2 Å². The first-order valence-electron chi connectivity index (χ1n) is 3.41. The molecule has 0 rings (SSSR count). The van der Waals surface area contributed by atoms with Gasteiger partial charge in [-0.1, -0.05) is 0 Å². The van der Waals surface area contributed by atoms with Gasteiger partial charge in [-0.15, -0.1) is 26.2 Å². The van der Waals surface area contributed by atoms with Crippen molar-refractivity contribution in [1.82, 2.24) is 10.6 Å². The van der Waals surface area contributed by atoms with Crippen LogP contribution in [0.2, 0.25) is 0 Å². The fraction of sp³-hybridized carbons (Fsp3) is 0.444.